The number of nitrogens with one attached hydrogen (secondary N) is 1. The van der Waals surface area contributed by atoms with E-state index in [0.717, 1.165) is 31.8 Å². The summed E-state index contributed by atoms with van der Waals surface area (Å²) in [6, 6.07) is 0. The lowest BCUT2D eigenvalue weighted by atomic mass is 9.69. The fourth-order valence-corrected chi connectivity index (χ4v) is 3.83. The molecule has 0 aromatic carbocycles. The van der Waals surface area contributed by atoms with Gasteiger partial charge in [-0.25, -0.2) is 0 Å². The van der Waals surface area contributed by atoms with Crippen LogP contribution in [-0.4, -0.2) is 36.5 Å². The van der Waals surface area contributed by atoms with Gasteiger partial charge in [0.25, 0.3) is 0 Å². The first kappa shape index (κ1) is 12.9. The maximum atomic E-state index is 11.8. The largest absolute Gasteiger partial charge is 0.340 e. The van der Waals surface area contributed by atoms with Gasteiger partial charge in [0, 0.05) is 19.5 Å². The zero-order chi connectivity index (χ0) is 12.3. The Kier molecular flexibility index (Phi) is 4.08. The number of hydrogen-bond donors (Lipinski definition) is 1. The summed E-state index contributed by atoms with van der Waals surface area (Å²) in [7, 11) is 2.02. The fraction of sp³-hybridized carbons (Fsp3) is 0.929. The Hall–Kier alpha value is -0.570. The number of rotatable bonds is 2. The lowest BCUT2D eigenvalue weighted by molar-refractivity contribution is -0.138. The predicted molar refractivity (Wildman–Crippen MR) is 69.9 cm³/mol. The summed E-state index contributed by atoms with van der Waals surface area (Å²) >= 11 is 0. The van der Waals surface area contributed by atoms with Crippen LogP contribution >= 0.6 is 0 Å². The molecule has 98 valence electrons. The predicted octanol–water partition coefficient (Wildman–Crippen LogP) is 2.17. The van der Waals surface area contributed by atoms with E-state index in [4.69, 9.17) is 0 Å². The minimum Gasteiger partial charge on any atom is -0.340 e. The van der Waals surface area contributed by atoms with Crippen LogP contribution < -0.4 is 5.32 Å². The van der Waals surface area contributed by atoms with Crippen LogP contribution in [0, 0.1) is 5.92 Å². The van der Waals surface area contributed by atoms with Crippen molar-refractivity contribution in [3.63, 3.8) is 0 Å². The molecule has 0 aromatic rings. The third kappa shape index (κ3) is 2.49. The van der Waals surface area contributed by atoms with E-state index < -0.39 is 0 Å². The van der Waals surface area contributed by atoms with Gasteiger partial charge in [0.05, 0.1) is 0 Å². The van der Waals surface area contributed by atoms with Crippen LogP contribution in [0.25, 0.3) is 0 Å². The van der Waals surface area contributed by atoms with Crippen LogP contribution in [0.3, 0.4) is 0 Å². The SMILES string of the molecule is CC(=O)N(C)C1(C2CCCCC2)CCNCC1. The molecule has 1 aliphatic carbocycles. The molecule has 2 rings (SSSR count). The molecule has 2 aliphatic rings. The van der Waals surface area contributed by atoms with Crippen molar-refractivity contribution < 1.29 is 4.79 Å². The lowest BCUT2D eigenvalue weighted by Crippen LogP contribution is -2.59. The van der Waals surface area contributed by atoms with Crippen LogP contribution in [0.5, 0.6) is 0 Å². The second-order valence-corrected chi connectivity index (χ2v) is 5.77. The van der Waals surface area contributed by atoms with E-state index in [0.29, 0.717) is 0 Å². The monoisotopic (exact) mass is 238 g/mol. The Balaban J connectivity index is 2.18. The van der Waals surface area contributed by atoms with Crippen molar-refractivity contribution in [1.82, 2.24) is 10.2 Å². The highest BCUT2D eigenvalue weighted by Gasteiger charge is 2.44. The summed E-state index contributed by atoms with van der Waals surface area (Å²) in [5.74, 6) is 0.963. The highest BCUT2D eigenvalue weighted by molar-refractivity contribution is 5.74. The van der Waals surface area contributed by atoms with Gasteiger partial charge in [-0.2, -0.15) is 0 Å². The molecule has 2 fully saturated rings. The van der Waals surface area contributed by atoms with Gasteiger partial charge < -0.3 is 10.2 Å². The summed E-state index contributed by atoms with van der Waals surface area (Å²) < 4.78 is 0. The van der Waals surface area contributed by atoms with Crippen LogP contribution in [0.1, 0.15) is 51.9 Å². The van der Waals surface area contributed by atoms with E-state index in [1.54, 1.807) is 6.92 Å². The number of piperidine rings is 1. The van der Waals surface area contributed by atoms with E-state index in [1.165, 1.54) is 32.1 Å². The van der Waals surface area contributed by atoms with Gasteiger partial charge in [0.2, 0.25) is 5.91 Å². The smallest absolute Gasteiger partial charge is 0.219 e. The van der Waals surface area contributed by atoms with Crippen molar-refractivity contribution in [1.29, 1.82) is 0 Å². The van der Waals surface area contributed by atoms with Crippen molar-refractivity contribution in [3.05, 3.63) is 0 Å². The zero-order valence-electron chi connectivity index (χ0n) is 11.3. The number of carbonyl (C=O) groups excluding carboxylic acids is 1. The molecule has 0 bridgehead atoms. The highest BCUT2D eigenvalue weighted by Crippen LogP contribution is 2.41. The summed E-state index contributed by atoms with van der Waals surface area (Å²) in [4.78, 5) is 13.9. The molecule has 1 saturated heterocycles. The Morgan fingerprint density at radius 3 is 2.29 bits per heavy atom. The molecule has 3 heteroatoms. The molecule has 1 N–H and O–H groups in total. The highest BCUT2D eigenvalue weighted by atomic mass is 16.2. The topological polar surface area (TPSA) is 32.3 Å². The third-order valence-corrected chi connectivity index (χ3v) is 4.97. The second kappa shape index (κ2) is 5.38. The van der Waals surface area contributed by atoms with Crippen LogP contribution in [0.4, 0.5) is 0 Å². The third-order valence-electron chi connectivity index (χ3n) is 4.97. The lowest BCUT2D eigenvalue weighted by Gasteiger charge is -2.51. The quantitative estimate of drug-likeness (QED) is 0.799. The Morgan fingerprint density at radius 1 is 1.18 bits per heavy atom. The molecule has 1 saturated carbocycles. The van der Waals surface area contributed by atoms with Crippen molar-refractivity contribution in [2.45, 2.75) is 57.4 Å². The van der Waals surface area contributed by atoms with Gasteiger partial charge in [-0.05, 0) is 44.7 Å². The van der Waals surface area contributed by atoms with E-state index in [2.05, 4.69) is 10.2 Å². The first-order valence-electron chi connectivity index (χ1n) is 7.12. The molecule has 3 nitrogen and oxygen atoms in total. The van der Waals surface area contributed by atoms with E-state index in [-0.39, 0.29) is 11.4 Å². The van der Waals surface area contributed by atoms with E-state index >= 15 is 0 Å². The summed E-state index contributed by atoms with van der Waals surface area (Å²) in [5.41, 5.74) is 0.150. The van der Waals surface area contributed by atoms with Crippen LogP contribution in [0.2, 0.25) is 0 Å². The van der Waals surface area contributed by atoms with Gasteiger partial charge in [0.1, 0.15) is 0 Å². The molecule has 1 amide bonds. The first-order valence-corrected chi connectivity index (χ1v) is 7.12. The van der Waals surface area contributed by atoms with Crippen molar-refractivity contribution in [2.24, 2.45) is 5.92 Å². The normalized spacial score (nSPS) is 25.5. The Labute approximate surface area is 105 Å². The van der Waals surface area contributed by atoms with Crippen molar-refractivity contribution >= 4 is 5.91 Å². The molecule has 1 aliphatic heterocycles. The Bertz CT molecular complexity index is 265. The molecule has 1 heterocycles. The van der Waals surface area contributed by atoms with Gasteiger partial charge in [-0.3, -0.25) is 4.79 Å². The molecule has 17 heavy (non-hydrogen) atoms. The molecule has 0 spiro atoms. The van der Waals surface area contributed by atoms with Crippen LogP contribution in [0.15, 0.2) is 0 Å². The molecule has 0 unspecified atom stereocenters. The summed E-state index contributed by atoms with van der Waals surface area (Å²) in [6.45, 7) is 3.84. The van der Waals surface area contributed by atoms with Gasteiger partial charge >= 0.3 is 0 Å². The van der Waals surface area contributed by atoms with E-state index in [1.807, 2.05) is 7.05 Å². The molecular weight excluding hydrogens is 212 g/mol. The molecule has 0 radical (unpaired) electrons. The molecule has 0 atom stereocenters. The molecular formula is C14H26N2O. The maximum absolute atomic E-state index is 11.8. The first-order chi connectivity index (χ1) is 8.17. The van der Waals surface area contributed by atoms with E-state index in [9.17, 15) is 4.79 Å². The number of hydrogen-bond acceptors (Lipinski definition) is 2. The average Bonchev–Trinajstić information content (AvgIpc) is 2.39. The fourth-order valence-electron chi connectivity index (χ4n) is 3.83. The van der Waals surface area contributed by atoms with Crippen LogP contribution in [-0.2, 0) is 4.79 Å². The Morgan fingerprint density at radius 2 is 1.76 bits per heavy atom. The van der Waals surface area contributed by atoms with Crippen molar-refractivity contribution in [3.8, 4) is 0 Å². The van der Waals surface area contributed by atoms with Gasteiger partial charge in [-0.1, -0.05) is 19.3 Å². The number of nitrogens with zero attached hydrogens (tertiary/aromatic N) is 1. The minimum absolute atomic E-state index is 0.150. The number of carbonyl (C=O) groups is 1. The zero-order valence-corrected chi connectivity index (χ0v) is 11.3. The van der Waals surface area contributed by atoms with Gasteiger partial charge in [-0.15, -0.1) is 0 Å². The van der Waals surface area contributed by atoms with Gasteiger partial charge in [0.15, 0.2) is 0 Å². The summed E-state index contributed by atoms with van der Waals surface area (Å²) in [5, 5.41) is 3.43. The van der Waals surface area contributed by atoms with Crippen molar-refractivity contribution in [2.75, 3.05) is 20.1 Å². The second-order valence-electron chi connectivity index (χ2n) is 5.77. The standard InChI is InChI=1S/C14H26N2O/c1-12(17)16(2)14(8-10-15-11-9-14)13-6-4-3-5-7-13/h13,15H,3-11H2,1-2H3. The summed E-state index contributed by atoms with van der Waals surface area (Å²) in [6.07, 6.45) is 8.99. The average molecular weight is 238 g/mol. The number of amides is 1. The maximum Gasteiger partial charge on any atom is 0.219 e. The molecule has 0 aromatic heterocycles. The minimum atomic E-state index is 0.150.